The summed E-state index contributed by atoms with van der Waals surface area (Å²) in [6, 6.07) is 10.3. The number of rotatable bonds is 14. The number of carbonyl (C=O) groups is 12. The summed E-state index contributed by atoms with van der Waals surface area (Å²) in [6.45, 7) is 10.5. The Bertz CT molecular complexity index is 3380. The van der Waals surface area contributed by atoms with Crippen LogP contribution in [0.15, 0.2) is 78.9 Å². The lowest BCUT2D eigenvalue weighted by atomic mass is 9.86. The molecule has 11 amide bonds. The third-order valence-electron chi connectivity index (χ3n) is 19.5. The van der Waals surface area contributed by atoms with Crippen LogP contribution >= 0.6 is 11.6 Å². The van der Waals surface area contributed by atoms with Crippen molar-refractivity contribution >= 4 is 82.9 Å². The Hall–Kier alpha value is -8.46. The Morgan fingerprint density at radius 1 is 0.624 bits per heavy atom. The zero-order chi connectivity index (χ0) is 75.5. The summed E-state index contributed by atoms with van der Waals surface area (Å²) in [7, 11) is 11.1. The fourth-order valence-electron chi connectivity index (χ4n) is 12.9. The molecule has 556 valence electrons. The zero-order valence-electron chi connectivity index (χ0n) is 61.1. The maximum absolute atomic E-state index is 15.6. The van der Waals surface area contributed by atoms with Crippen LogP contribution in [-0.2, 0) is 83.0 Å². The number of nitrogens with one attached hydrogen (secondary N) is 3. The molecule has 2 heterocycles. The number of hydrogen-bond donors (Lipinski definition) is 3. The highest BCUT2D eigenvalue weighted by Crippen LogP contribution is 2.31. The molecule has 3 aromatic rings. The molecule has 2 saturated heterocycles. The molecule has 2 fully saturated rings. The minimum absolute atomic E-state index is 0.00609. The van der Waals surface area contributed by atoms with Crippen LogP contribution in [0.4, 0.5) is 13.2 Å². The lowest BCUT2D eigenvalue weighted by molar-refractivity contribution is -0.150. The van der Waals surface area contributed by atoms with Crippen LogP contribution in [0.5, 0.6) is 0 Å². The van der Waals surface area contributed by atoms with Gasteiger partial charge in [-0.05, 0) is 118 Å². The van der Waals surface area contributed by atoms with Crippen molar-refractivity contribution in [3.05, 3.63) is 106 Å². The van der Waals surface area contributed by atoms with E-state index in [4.69, 9.17) is 11.6 Å². The largest absolute Gasteiger partial charge is 0.416 e. The van der Waals surface area contributed by atoms with Gasteiger partial charge in [0.15, 0.2) is 0 Å². The molecule has 0 aromatic heterocycles. The van der Waals surface area contributed by atoms with Gasteiger partial charge >= 0.3 is 6.18 Å². The Balaban J connectivity index is 1.67. The summed E-state index contributed by atoms with van der Waals surface area (Å²) in [5.41, 5.74) is -1.13. The van der Waals surface area contributed by atoms with Crippen molar-refractivity contribution in [2.24, 2.45) is 17.8 Å². The summed E-state index contributed by atoms with van der Waals surface area (Å²) in [5, 5.41) is 8.72. The lowest BCUT2D eigenvalue weighted by Crippen LogP contribution is -2.64. The Kier molecular flexibility index (Phi) is 30.9. The maximum atomic E-state index is 15.6. The number of halogens is 4. The average Bonchev–Trinajstić information content (AvgIpc) is 0.789. The van der Waals surface area contributed by atoms with Gasteiger partial charge in [0.05, 0.1) is 37.7 Å². The number of nitrogens with zero attached hydrogens (tertiary/aromatic N) is 9. The number of benzene rings is 3. The van der Waals surface area contributed by atoms with E-state index in [-0.39, 0.29) is 44.6 Å². The van der Waals surface area contributed by atoms with Crippen LogP contribution in [0.25, 0.3) is 0 Å². The van der Waals surface area contributed by atoms with Gasteiger partial charge in [-0.1, -0.05) is 114 Å². The molecule has 101 heavy (non-hydrogen) atoms. The molecule has 3 N–H and O–H groups in total. The Morgan fingerprint density at radius 3 is 1.75 bits per heavy atom. The molecular formula is C73H104ClF3N12O12. The van der Waals surface area contributed by atoms with Gasteiger partial charge in [0, 0.05) is 80.4 Å². The van der Waals surface area contributed by atoms with E-state index >= 15 is 14.4 Å². The number of piperidine rings is 1. The molecule has 0 bridgehead atoms. The third-order valence-corrected chi connectivity index (χ3v) is 19.7. The van der Waals surface area contributed by atoms with E-state index in [9.17, 15) is 56.3 Å². The molecule has 0 radical (unpaired) electrons. The summed E-state index contributed by atoms with van der Waals surface area (Å²) in [5.74, 6) is -9.46. The number of carbonyl (C=O) groups excluding carboxylic acids is 12. The van der Waals surface area contributed by atoms with Crippen molar-refractivity contribution in [3.8, 4) is 0 Å². The first-order valence-electron chi connectivity index (χ1n) is 34.5. The Labute approximate surface area is 597 Å². The molecular weight excluding hydrogens is 1330 g/mol. The molecule has 0 spiro atoms. The van der Waals surface area contributed by atoms with E-state index in [2.05, 4.69) is 16.0 Å². The Morgan fingerprint density at radius 2 is 1.19 bits per heavy atom. The normalized spacial score (nSPS) is 24.4. The zero-order valence-corrected chi connectivity index (χ0v) is 61.9. The summed E-state index contributed by atoms with van der Waals surface area (Å²) in [4.78, 5) is 187. The van der Waals surface area contributed by atoms with Crippen molar-refractivity contribution in [2.75, 3.05) is 95.6 Å². The van der Waals surface area contributed by atoms with Gasteiger partial charge in [0.2, 0.25) is 65.0 Å². The van der Waals surface area contributed by atoms with E-state index in [0.29, 0.717) is 60.4 Å². The van der Waals surface area contributed by atoms with Gasteiger partial charge in [0.25, 0.3) is 0 Å². The molecule has 28 heteroatoms. The van der Waals surface area contributed by atoms with E-state index in [1.54, 1.807) is 99.1 Å². The lowest BCUT2D eigenvalue weighted by Gasteiger charge is -2.44. The molecule has 0 aliphatic carbocycles. The predicted molar refractivity (Wildman–Crippen MR) is 376 cm³/mol. The number of aryl methyl sites for hydroxylation is 1. The highest BCUT2D eigenvalue weighted by Gasteiger charge is 2.46. The van der Waals surface area contributed by atoms with Gasteiger partial charge in [-0.2, -0.15) is 13.2 Å². The number of aldehydes is 1. The van der Waals surface area contributed by atoms with Gasteiger partial charge in [-0.3, -0.25) is 57.6 Å². The second-order valence-corrected chi connectivity index (χ2v) is 28.5. The van der Waals surface area contributed by atoms with Crippen LogP contribution in [0.3, 0.4) is 0 Å². The molecule has 24 nitrogen and oxygen atoms in total. The van der Waals surface area contributed by atoms with Crippen molar-refractivity contribution < 1.29 is 70.7 Å². The van der Waals surface area contributed by atoms with Crippen molar-refractivity contribution in [2.45, 2.75) is 167 Å². The van der Waals surface area contributed by atoms with Gasteiger partial charge in [0.1, 0.15) is 48.1 Å². The number of alkyl halides is 3. The van der Waals surface area contributed by atoms with Gasteiger partial charge < -0.3 is 59.9 Å². The minimum Gasteiger partial charge on any atom is -0.343 e. The standard InChI is InChI=1S/C73H104ClF3N12O12/c1-16-48(6)63-71(101)83(10)42-61(93)81(8)43-62(94)86(13)58(38-52-27-32-54(74)33-28-52)69(99)82(9)41-59(91)78-55(34-29-50-25-30-53(31-26-50)73(75,76)77)67(97)88(15)72(45-90,40-46(2)3)44-84(11)57(37-51-23-19-17-20-24-51)70(100)87(14)64(47(4)5)66(96)79-56(68(98)89-35-21-18-22-36-89)39-60(92)85(12)49(7)65(95)80-63/h17,19-20,23-28,30-33,45-49,55-58,63-64H,16,18,21-22,29,34-44H2,1-15H3,(H,78,91)(H,79,96)(H,80,95)/t48-,49-,55-,56-,57-,58-,63-,64-,72+/m0/s1. The van der Waals surface area contributed by atoms with Crippen molar-refractivity contribution in [3.63, 3.8) is 0 Å². The first-order chi connectivity index (χ1) is 47.4. The average molecular weight is 1430 g/mol. The molecule has 3 aromatic carbocycles. The predicted octanol–water partition coefficient (Wildman–Crippen LogP) is 4.97. The molecule has 2 aliphatic rings. The summed E-state index contributed by atoms with van der Waals surface area (Å²) >= 11 is 6.24. The topological polar surface area (TPSA) is 270 Å². The fourth-order valence-corrected chi connectivity index (χ4v) is 13.0. The van der Waals surface area contributed by atoms with E-state index in [0.717, 1.165) is 43.1 Å². The number of amides is 11. The second kappa shape index (κ2) is 37.5. The van der Waals surface area contributed by atoms with E-state index in [1.165, 1.54) is 78.2 Å². The molecule has 9 atom stereocenters. The van der Waals surface area contributed by atoms with Crippen LogP contribution in [0.2, 0.25) is 5.02 Å². The summed E-state index contributed by atoms with van der Waals surface area (Å²) in [6.07, 6.45) is -2.56. The SMILES string of the molecule is CC[C@H](C)[C@@H]1NC(=O)[C@H](C)N(C)C(=O)C[C@@H](C(=O)N2CCCCC2)NC(=O)[C@H](C(C)C)N(C)C(=O)[C@H](Cc2ccccc2)N(C)C[C@@](C=O)(CC(C)C)N(C)C(=O)[C@H](CCc2ccc(C(F)(F)F)cc2)NC(=O)CN(C)C(=O)[C@H](Cc2ccc(Cl)cc2)N(C)C(=O)CN(C)C(=O)CN(C)C1=O. The number of hydrogen-bond acceptors (Lipinski definition) is 13. The second-order valence-electron chi connectivity index (χ2n) is 28.0. The first kappa shape index (κ1) is 83.2. The van der Waals surface area contributed by atoms with Gasteiger partial charge in [-0.15, -0.1) is 0 Å². The molecule has 2 aliphatic heterocycles. The molecule has 0 unspecified atom stereocenters. The molecule has 0 saturated carbocycles. The number of likely N-dealkylation sites (N-methyl/N-ethyl adjacent to an activating group) is 8. The van der Waals surface area contributed by atoms with Crippen LogP contribution < -0.4 is 16.0 Å². The van der Waals surface area contributed by atoms with E-state index < -0.39 is 162 Å². The quantitative estimate of drug-likeness (QED) is 0.180. The first-order valence-corrected chi connectivity index (χ1v) is 34.8. The third kappa shape index (κ3) is 22.8. The number of likely N-dealkylation sites (tertiary alicyclic amines) is 1. The van der Waals surface area contributed by atoms with Crippen molar-refractivity contribution in [1.82, 2.24) is 60.0 Å². The van der Waals surface area contributed by atoms with Crippen LogP contribution in [0.1, 0.15) is 116 Å². The maximum Gasteiger partial charge on any atom is 0.416 e. The van der Waals surface area contributed by atoms with Gasteiger partial charge in [-0.25, -0.2) is 0 Å². The monoisotopic (exact) mass is 1430 g/mol. The fraction of sp³-hybridized carbons (Fsp3) is 0.589. The highest BCUT2D eigenvalue weighted by molar-refractivity contribution is 6.30. The van der Waals surface area contributed by atoms with E-state index in [1.807, 2.05) is 13.8 Å². The minimum atomic E-state index is -4.66. The van der Waals surface area contributed by atoms with Crippen LogP contribution in [0, 0.1) is 17.8 Å². The van der Waals surface area contributed by atoms with Crippen molar-refractivity contribution in [1.29, 1.82) is 0 Å². The highest BCUT2D eigenvalue weighted by atomic mass is 35.5. The van der Waals surface area contributed by atoms with Crippen LogP contribution in [-0.4, -0.2) is 259 Å². The smallest absolute Gasteiger partial charge is 0.343 e. The molecule has 5 rings (SSSR count). The summed E-state index contributed by atoms with van der Waals surface area (Å²) < 4.78 is 41.3.